The van der Waals surface area contributed by atoms with Crippen LogP contribution in [-0.4, -0.2) is 73.4 Å². The fourth-order valence-electron chi connectivity index (χ4n) is 6.06. The highest BCUT2D eigenvalue weighted by molar-refractivity contribution is 7.47. The fourth-order valence-corrected chi connectivity index (χ4v) is 6.79. The Hall–Kier alpha value is -3.10. The Morgan fingerprint density at radius 3 is 1.46 bits per heavy atom. The number of quaternary nitrogens is 1. The monoisotopic (exact) mass is 896 g/mol. The van der Waals surface area contributed by atoms with E-state index in [-0.39, 0.29) is 19.1 Å². The molecule has 358 valence electrons. The molecule has 0 rings (SSSR count). The second-order valence-corrected chi connectivity index (χ2v) is 18.5. The van der Waals surface area contributed by atoms with E-state index in [9.17, 15) is 19.4 Å². The maximum absolute atomic E-state index is 12.8. The molecule has 0 saturated carbocycles. The lowest BCUT2D eigenvalue weighted by atomic mass is 10.1. The highest BCUT2D eigenvalue weighted by atomic mass is 31.2. The van der Waals surface area contributed by atoms with Crippen molar-refractivity contribution in [3.63, 3.8) is 0 Å². The van der Waals surface area contributed by atoms with E-state index < -0.39 is 20.0 Å². The van der Waals surface area contributed by atoms with Crippen molar-refractivity contribution in [3.8, 4) is 0 Å². The van der Waals surface area contributed by atoms with Crippen LogP contribution in [0.1, 0.15) is 162 Å². The Kier molecular flexibility index (Phi) is 41.9. The molecule has 3 unspecified atom stereocenters. The molecule has 0 aliphatic heterocycles. The molecule has 1 amide bonds. The summed E-state index contributed by atoms with van der Waals surface area (Å²) in [5.74, 6) is -0.206. The number of hydrogen-bond acceptors (Lipinski definition) is 5. The molecule has 0 aliphatic rings. The van der Waals surface area contributed by atoms with Crippen molar-refractivity contribution >= 4 is 13.7 Å². The number of amides is 1. The molecule has 63 heavy (non-hydrogen) atoms. The zero-order valence-corrected chi connectivity index (χ0v) is 41.4. The van der Waals surface area contributed by atoms with Gasteiger partial charge in [-0.05, 0) is 89.9 Å². The number of phosphoric ester groups is 1. The average Bonchev–Trinajstić information content (AvgIpc) is 3.24. The molecule has 0 heterocycles. The summed E-state index contributed by atoms with van der Waals surface area (Å²) in [4.78, 5) is 23.1. The Bertz CT molecular complexity index is 1430. The molecule has 3 atom stereocenters. The van der Waals surface area contributed by atoms with Gasteiger partial charge in [0, 0.05) is 6.42 Å². The molecule has 0 aromatic heterocycles. The van der Waals surface area contributed by atoms with E-state index in [1.807, 2.05) is 27.2 Å². The quantitative estimate of drug-likeness (QED) is 0.0244. The third kappa shape index (κ3) is 46.7. The van der Waals surface area contributed by atoms with Crippen molar-refractivity contribution in [2.75, 3.05) is 40.9 Å². The molecular weight excluding hydrogens is 804 g/mol. The molecule has 3 N–H and O–H groups in total. The van der Waals surface area contributed by atoms with Crippen LogP contribution >= 0.6 is 7.82 Å². The number of allylic oxidation sites excluding steroid dienone is 19. The van der Waals surface area contributed by atoms with Gasteiger partial charge in [0.1, 0.15) is 13.2 Å². The Labute approximate surface area is 386 Å². The Morgan fingerprint density at radius 2 is 0.968 bits per heavy atom. The van der Waals surface area contributed by atoms with Gasteiger partial charge in [-0.3, -0.25) is 13.8 Å². The number of phosphoric acid groups is 1. The first-order valence-corrected chi connectivity index (χ1v) is 25.9. The number of nitrogens with zero attached hydrogens (tertiary/aromatic N) is 1. The van der Waals surface area contributed by atoms with Crippen LogP contribution in [0.15, 0.2) is 122 Å². The maximum Gasteiger partial charge on any atom is 0.472 e. The predicted molar refractivity (Wildman–Crippen MR) is 272 cm³/mol. The topological polar surface area (TPSA) is 105 Å². The minimum absolute atomic E-state index is 0.0472. The fraction of sp³-hybridized carbons (Fsp3) is 0.611. The summed E-state index contributed by atoms with van der Waals surface area (Å²) in [5, 5.41) is 13.7. The van der Waals surface area contributed by atoms with Gasteiger partial charge < -0.3 is 19.8 Å². The smallest absolute Gasteiger partial charge is 0.387 e. The van der Waals surface area contributed by atoms with Gasteiger partial charge in [-0.2, -0.15) is 0 Å². The lowest BCUT2D eigenvalue weighted by Crippen LogP contribution is -2.45. The molecule has 9 heteroatoms. The van der Waals surface area contributed by atoms with Gasteiger partial charge in [0.05, 0.1) is 39.9 Å². The van der Waals surface area contributed by atoms with Gasteiger partial charge in [-0.1, -0.05) is 187 Å². The number of aliphatic hydroxyl groups excluding tert-OH is 1. The van der Waals surface area contributed by atoms with Crippen molar-refractivity contribution < 1.29 is 32.9 Å². The summed E-state index contributed by atoms with van der Waals surface area (Å²) in [6.07, 6.45) is 65.9. The van der Waals surface area contributed by atoms with Gasteiger partial charge in [0.2, 0.25) is 5.91 Å². The van der Waals surface area contributed by atoms with Crippen molar-refractivity contribution in [1.82, 2.24) is 5.32 Å². The van der Waals surface area contributed by atoms with Crippen molar-refractivity contribution in [1.29, 1.82) is 0 Å². The zero-order chi connectivity index (χ0) is 46.4. The van der Waals surface area contributed by atoms with Gasteiger partial charge in [0.15, 0.2) is 0 Å². The lowest BCUT2D eigenvalue weighted by Gasteiger charge is -2.25. The molecule has 0 aromatic rings. The molecular formula is C54H92N2O6P+. The first-order chi connectivity index (χ1) is 30.5. The number of aliphatic hydroxyl groups is 1. The van der Waals surface area contributed by atoms with Crippen LogP contribution in [0.2, 0.25) is 0 Å². The SMILES string of the molecule is CC/C=C\C/C=C\C/C=C\C/C=C\C/C=C\C/C=C\C/C=C\C/C=C\CCCCCCCCCCC(=O)NC(COP(=O)(O)OCC[N+](C)(C)C)C(O)/C=C/CC/C=C/CCCC. The Balaban J connectivity index is 4.14. The van der Waals surface area contributed by atoms with E-state index in [0.717, 1.165) is 103 Å². The number of likely N-dealkylation sites (N-methyl/N-ethyl adjacent to an activating group) is 1. The lowest BCUT2D eigenvalue weighted by molar-refractivity contribution is -0.870. The summed E-state index contributed by atoms with van der Waals surface area (Å²) in [7, 11) is 1.52. The first-order valence-electron chi connectivity index (χ1n) is 24.4. The minimum Gasteiger partial charge on any atom is -0.387 e. The largest absolute Gasteiger partial charge is 0.472 e. The second kappa shape index (κ2) is 44.1. The van der Waals surface area contributed by atoms with Crippen LogP contribution in [0, 0.1) is 0 Å². The number of carbonyl (C=O) groups excluding carboxylic acids is 1. The number of hydrogen-bond donors (Lipinski definition) is 3. The van der Waals surface area contributed by atoms with E-state index in [4.69, 9.17) is 9.05 Å². The summed E-state index contributed by atoms with van der Waals surface area (Å²) in [5.41, 5.74) is 0. The highest BCUT2D eigenvalue weighted by Crippen LogP contribution is 2.43. The molecule has 0 saturated heterocycles. The summed E-state index contributed by atoms with van der Waals surface area (Å²) < 4.78 is 23.4. The van der Waals surface area contributed by atoms with E-state index in [1.54, 1.807) is 6.08 Å². The highest BCUT2D eigenvalue weighted by Gasteiger charge is 2.27. The van der Waals surface area contributed by atoms with E-state index in [2.05, 4.69) is 129 Å². The number of unbranched alkanes of at least 4 members (excludes halogenated alkanes) is 11. The summed E-state index contributed by atoms with van der Waals surface area (Å²) >= 11 is 0. The summed E-state index contributed by atoms with van der Waals surface area (Å²) in [6.45, 7) is 4.56. The van der Waals surface area contributed by atoms with Crippen LogP contribution in [0.3, 0.4) is 0 Å². The molecule has 0 aliphatic carbocycles. The van der Waals surface area contributed by atoms with Crippen molar-refractivity contribution in [2.45, 2.75) is 174 Å². The van der Waals surface area contributed by atoms with Crippen molar-refractivity contribution in [2.24, 2.45) is 0 Å². The van der Waals surface area contributed by atoms with Crippen LogP contribution in [0.25, 0.3) is 0 Å². The van der Waals surface area contributed by atoms with Crippen LogP contribution in [0.5, 0.6) is 0 Å². The zero-order valence-electron chi connectivity index (χ0n) is 40.5. The van der Waals surface area contributed by atoms with Gasteiger partial charge in [0.25, 0.3) is 0 Å². The molecule has 0 bridgehead atoms. The first kappa shape index (κ1) is 59.9. The number of nitrogens with one attached hydrogen (secondary N) is 1. The second-order valence-electron chi connectivity index (χ2n) is 17.1. The van der Waals surface area contributed by atoms with Gasteiger partial charge in [-0.25, -0.2) is 4.57 Å². The van der Waals surface area contributed by atoms with Gasteiger partial charge >= 0.3 is 7.82 Å². The van der Waals surface area contributed by atoms with E-state index >= 15 is 0 Å². The predicted octanol–water partition coefficient (Wildman–Crippen LogP) is 14.2. The molecule has 0 aromatic carbocycles. The normalized spacial score (nSPS) is 15.2. The number of rotatable bonds is 42. The van der Waals surface area contributed by atoms with Crippen LogP contribution in [-0.2, 0) is 18.4 Å². The third-order valence-corrected chi connectivity index (χ3v) is 10.9. The van der Waals surface area contributed by atoms with Gasteiger partial charge in [-0.15, -0.1) is 0 Å². The molecule has 0 spiro atoms. The molecule has 8 nitrogen and oxygen atoms in total. The average molecular weight is 896 g/mol. The minimum atomic E-state index is -4.35. The van der Waals surface area contributed by atoms with E-state index in [0.29, 0.717) is 17.4 Å². The maximum atomic E-state index is 12.8. The van der Waals surface area contributed by atoms with E-state index in [1.165, 1.54) is 38.5 Å². The number of carbonyl (C=O) groups is 1. The summed E-state index contributed by atoms with van der Waals surface area (Å²) in [6, 6.07) is -0.873. The molecule has 0 fully saturated rings. The van der Waals surface area contributed by atoms with Crippen LogP contribution in [0.4, 0.5) is 0 Å². The van der Waals surface area contributed by atoms with Crippen LogP contribution < -0.4 is 5.32 Å². The molecule has 0 radical (unpaired) electrons. The Morgan fingerprint density at radius 1 is 0.556 bits per heavy atom. The standard InChI is InChI=1S/C54H91N2O6P/c1-6-8-10-12-14-16-17-18-19-20-21-22-23-24-25-26-27-28-29-30-31-32-33-34-35-36-37-38-39-40-42-44-46-48-54(58)55-52(51-62-63(59,60)61-50-49-56(3,4)5)53(57)47-45-43-41-15-13-11-9-7-2/h8,10,13-16,18-19,21-22,24-25,27-28,30-31,33-34,45,47,52-53,57H,6-7,9,11-12,17,20,23,26,29,32,35-44,46,48-51H2,1-5H3,(H-,55,58,59,60)/p+1/b10-8-,15-13+,16-14-,19-18-,22-21-,25-24-,28-27-,31-30-,34-33-,47-45+. The van der Waals surface area contributed by atoms with Crippen molar-refractivity contribution in [3.05, 3.63) is 122 Å². The third-order valence-electron chi connectivity index (χ3n) is 9.92.